The molecular formula is C20H24ClF3N2O. The van der Waals surface area contributed by atoms with Gasteiger partial charge in [0.1, 0.15) is 0 Å². The number of piperidine rings is 1. The highest BCUT2D eigenvalue weighted by atomic mass is 35.5. The number of halogens is 4. The lowest BCUT2D eigenvalue weighted by Crippen LogP contribution is -2.48. The molecule has 1 saturated heterocycles. The summed E-state index contributed by atoms with van der Waals surface area (Å²) in [7, 11) is 0. The molecule has 0 aromatic heterocycles. The standard InChI is InChI=1S/C20H23F3N2O.ClH/c21-20(22,23)15-26-25(14-16-8-3-1-4-9-16)18-12-7-13-24-19(18)17-10-5-2-6-11-17;/h1-6,8-11,18-19,24H,7,12-15H2;1H/t18-,19-;/m0./s1. The van der Waals surface area contributed by atoms with Gasteiger partial charge in [-0.05, 0) is 30.5 Å². The minimum atomic E-state index is -4.36. The van der Waals surface area contributed by atoms with Crippen molar-refractivity contribution in [2.45, 2.75) is 37.6 Å². The number of hydroxylamine groups is 2. The van der Waals surface area contributed by atoms with E-state index in [0.717, 1.165) is 30.5 Å². The van der Waals surface area contributed by atoms with Crippen LogP contribution >= 0.6 is 12.4 Å². The Hall–Kier alpha value is -1.60. The molecule has 0 radical (unpaired) electrons. The van der Waals surface area contributed by atoms with E-state index >= 15 is 0 Å². The van der Waals surface area contributed by atoms with Gasteiger partial charge in [-0.25, -0.2) is 0 Å². The molecule has 1 fully saturated rings. The van der Waals surface area contributed by atoms with E-state index in [0.29, 0.717) is 6.54 Å². The number of nitrogens with one attached hydrogen (secondary N) is 1. The van der Waals surface area contributed by atoms with Crippen LogP contribution in [0.3, 0.4) is 0 Å². The lowest BCUT2D eigenvalue weighted by Gasteiger charge is -2.40. The molecule has 2 atom stereocenters. The van der Waals surface area contributed by atoms with E-state index < -0.39 is 12.8 Å². The van der Waals surface area contributed by atoms with Crippen molar-refractivity contribution in [1.29, 1.82) is 0 Å². The Morgan fingerprint density at radius 1 is 1.00 bits per heavy atom. The van der Waals surface area contributed by atoms with Gasteiger partial charge in [0.25, 0.3) is 0 Å². The molecule has 2 aromatic rings. The van der Waals surface area contributed by atoms with Crippen LogP contribution < -0.4 is 5.32 Å². The van der Waals surface area contributed by atoms with Crippen molar-refractivity contribution in [2.24, 2.45) is 0 Å². The zero-order valence-electron chi connectivity index (χ0n) is 14.9. The molecular weight excluding hydrogens is 377 g/mol. The largest absolute Gasteiger partial charge is 0.413 e. The van der Waals surface area contributed by atoms with E-state index in [1.807, 2.05) is 60.7 Å². The molecule has 1 heterocycles. The van der Waals surface area contributed by atoms with Crippen molar-refractivity contribution in [3.05, 3.63) is 71.8 Å². The van der Waals surface area contributed by atoms with Gasteiger partial charge >= 0.3 is 6.18 Å². The normalized spacial score (nSPS) is 20.3. The fraction of sp³-hybridized carbons (Fsp3) is 0.400. The van der Waals surface area contributed by atoms with E-state index in [1.54, 1.807) is 0 Å². The zero-order chi connectivity index (χ0) is 18.4. The van der Waals surface area contributed by atoms with Gasteiger partial charge in [-0.2, -0.15) is 18.2 Å². The number of hydrogen-bond donors (Lipinski definition) is 1. The lowest BCUT2D eigenvalue weighted by molar-refractivity contribution is -0.274. The Labute approximate surface area is 163 Å². The maximum atomic E-state index is 12.8. The average Bonchev–Trinajstić information content (AvgIpc) is 2.66. The van der Waals surface area contributed by atoms with Crippen molar-refractivity contribution in [1.82, 2.24) is 10.4 Å². The molecule has 0 aliphatic carbocycles. The second-order valence-electron chi connectivity index (χ2n) is 6.50. The average molecular weight is 401 g/mol. The topological polar surface area (TPSA) is 24.5 Å². The first-order valence-corrected chi connectivity index (χ1v) is 8.81. The molecule has 3 nitrogen and oxygen atoms in total. The summed E-state index contributed by atoms with van der Waals surface area (Å²) < 4.78 is 38.3. The molecule has 7 heteroatoms. The predicted molar refractivity (Wildman–Crippen MR) is 101 cm³/mol. The summed E-state index contributed by atoms with van der Waals surface area (Å²) >= 11 is 0. The zero-order valence-corrected chi connectivity index (χ0v) is 15.7. The van der Waals surface area contributed by atoms with E-state index in [1.165, 1.54) is 5.06 Å². The first-order chi connectivity index (χ1) is 12.5. The van der Waals surface area contributed by atoms with Gasteiger partial charge in [-0.15, -0.1) is 12.4 Å². The summed E-state index contributed by atoms with van der Waals surface area (Å²) in [5, 5.41) is 4.95. The molecule has 1 aliphatic heterocycles. The van der Waals surface area contributed by atoms with Crippen LogP contribution in [-0.4, -0.2) is 30.4 Å². The predicted octanol–water partition coefficient (Wildman–Crippen LogP) is 4.90. The maximum absolute atomic E-state index is 12.8. The summed E-state index contributed by atoms with van der Waals surface area (Å²) in [5.74, 6) is 0. The highest BCUT2D eigenvalue weighted by Gasteiger charge is 2.35. The Kier molecular flexibility index (Phi) is 8.10. The minimum Gasteiger partial charge on any atom is -0.309 e. The summed E-state index contributed by atoms with van der Waals surface area (Å²) in [4.78, 5) is 5.27. The van der Waals surface area contributed by atoms with Gasteiger partial charge in [0.05, 0.1) is 12.1 Å². The molecule has 148 valence electrons. The molecule has 1 aliphatic rings. The second-order valence-corrected chi connectivity index (χ2v) is 6.50. The smallest absolute Gasteiger partial charge is 0.309 e. The third kappa shape index (κ3) is 6.50. The van der Waals surface area contributed by atoms with Crippen LogP contribution in [0.5, 0.6) is 0 Å². The molecule has 2 aromatic carbocycles. The van der Waals surface area contributed by atoms with Gasteiger partial charge in [-0.3, -0.25) is 4.84 Å². The Balaban J connectivity index is 0.00000261. The van der Waals surface area contributed by atoms with Crippen LogP contribution in [0.2, 0.25) is 0 Å². The highest BCUT2D eigenvalue weighted by molar-refractivity contribution is 5.85. The van der Waals surface area contributed by atoms with Crippen LogP contribution in [0.15, 0.2) is 60.7 Å². The van der Waals surface area contributed by atoms with Crippen molar-refractivity contribution in [2.75, 3.05) is 13.2 Å². The fourth-order valence-electron chi connectivity index (χ4n) is 3.36. The Morgan fingerprint density at radius 2 is 1.63 bits per heavy atom. The summed E-state index contributed by atoms with van der Waals surface area (Å²) in [6.07, 6.45) is -2.69. The summed E-state index contributed by atoms with van der Waals surface area (Å²) in [6, 6.07) is 19.0. The molecule has 0 spiro atoms. The molecule has 27 heavy (non-hydrogen) atoms. The minimum absolute atomic E-state index is 0. The Bertz CT molecular complexity index is 670. The van der Waals surface area contributed by atoms with Crippen LogP contribution in [0, 0.1) is 0 Å². The monoisotopic (exact) mass is 400 g/mol. The molecule has 1 N–H and O–H groups in total. The van der Waals surface area contributed by atoms with Crippen LogP contribution in [0.25, 0.3) is 0 Å². The summed E-state index contributed by atoms with van der Waals surface area (Å²) in [6.45, 7) is -0.126. The van der Waals surface area contributed by atoms with Crippen molar-refractivity contribution in [3.63, 3.8) is 0 Å². The van der Waals surface area contributed by atoms with Gasteiger partial charge in [0.2, 0.25) is 0 Å². The van der Waals surface area contributed by atoms with E-state index in [4.69, 9.17) is 4.84 Å². The first-order valence-electron chi connectivity index (χ1n) is 8.81. The van der Waals surface area contributed by atoms with E-state index in [2.05, 4.69) is 5.32 Å². The molecule has 0 bridgehead atoms. The van der Waals surface area contributed by atoms with E-state index in [-0.39, 0.29) is 24.5 Å². The third-order valence-corrected chi connectivity index (χ3v) is 4.53. The molecule has 0 saturated carbocycles. The van der Waals surface area contributed by atoms with E-state index in [9.17, 15) is 13.2 Å². The van der Waals surface area contributed by atoms with Crippen molar-refractivity contribution >= 4 is 12.4 Å². The molecule has 3 rings (SSSR count). The van der Waals surface area contributed by atoms with Gasteiger partial charge in [-0.1, -0.05) is 60.7 Å². The second kappa shape index (κ2) is 10.1. The van der Waals surface area contributed by atoms with Crippen LogP contribution in [0.1, 0.15) is 30.0 Å². The fourth-order valence-corrected chi connectivity index (χ4v) is 3.36. The van der Waals surface area contributed by atoms with Crippen LogP contribution in [0.4, 0.5) is 13.2 Å². The van der Waals surface area contributed by atoms with Crippen molar-refractivity contribution in [3.8, 4) is 0 Å². The highest BCUT2D eigenvalue weighted by Crippen LogP contribution is 2.30. The SMILES string of the molecule is Cl.FC(F)(F)CON(Cc1ccccc1)[C@H]1CCCN[C@H]1c1ccccc1. The molecule has 0 unspecified atom stereocenters. The number of hydrogen-bond acceptors (Lipinski definition) is 3. The summed E-state index contributed by atoms with van der Waals surface area (Å²) in [5.41, 5.74) is 1.98. The van der Waals surface area contributed by atoms with Gasteiger partial charge in [0.15, 0.2) is 6.61 Å². The number of alkyl halides is 3. The third-order valence-electron chi connectivity index (χ3n) is 4.53. The number of benzene rings is 2. The van der Waals surface area contributed by atoms with Gasteiger partial charge < -0.3 is 5.32 Å². The Morgan fingerprint density at radius 3 is 2.26 bits per heavy atom. The maximum Gasteiger partial charge on any atom is 0.413 e. The lowest BCUT2D eigenvalue weighted by atomic mass is 9.92. The van der Waals surface area contributed by atoms with Crippen molar-refractivity contribution < 1.29 is 18.0 Å². The molecule has 0 amide bonds. The quantitative estimate of drug-likeness (QED) is 0.698. The number of nitrogens with zero attached hydrogens (tertiary/aromatic N) is 1. The first kappa shape index (κ1) is 21.7. The van der Waals surface area contributed by atoms with Crippen LogP contribution in [-0.2, 0) is 11.4 Å². The number of rotatable bonds is 6. The van der Waals surface area contributed by atoms with Gasteiger partial charge in [0, 0.05) is 6.54 Å².